The highest BCUT2D eigenvalue weighted by molar-refractivity contribution is 7.14. The topological polar surface area (TPSA) is 12.0 Å². The van der Waals surface area contributed by atoms with Crippen LogP contribution in [-0.4, -0.2) is 6.04 Å². The van der Waals surface area contributed by atoms with Crippen molar-refractivity contribution in [1.82, 2.24) is 5.32 Å². The van der Waals surface area contributed by atoms with Crippen LogP contribution in [0.1, 0.15) is 25.0 Å². The van der Waals surface area contributed by atoms with Crippen LogP contribution in [0.25, 0.3) is 10.4 Å². The second-order valence-corrected chi connectivity index (χ2v) is 5.61. The molecule has 0 unspecified atom stereocenters. The van der Waals surface area contributed by atoms with E-state index in [2.05, 4.69) is 31.5 Å². The molecule has 1 aromatic heterocycles. The Morgan fingerprint density at radius 1 is 1.28 bits per heavy atom. The van der Waals surface area contributed by atoms with Gasteiger partial charge >= 0.3 is 0 Å². The van der Waals surface area contributed by atoms with Crippen LogP contribution in [0, 0.1) is 12.7 Å². The van der Waals surface area contributed by atoms with Crippen molar-refractivity contribution in [3.63, 3.8) is 0 Å². The zero-order chi connectivity index (χ0) is 13.1. The van der Waals surface area contributed by atoms with Gasteiger partial charge in [-0.3, -0.25) is 0 Å². The summed E-state index contributed by atoms with van der Waals surface area (Å²) >= 11 is 1.62. The molecule has 0 saturated carbocycles. The van der Waals surface area contributed by atoms with E-state index in [0.717, 1.165) is 11.4 Å². The van der Waals surface area contributed by atoms with Crippen LogP contribution in [0.3, 0.4) is 0 Å². The molecule has 1 nitrogen and oxygen atoms in total. The third-order valence-corrected chi connectivity index (χ3v) is 4.12. The van der Waals surface area contributed by atoms with Gasteiger partial charge in [-0.25, -0.2) is 4.39 Å². The summed E-state index contributed by atoms with van der Waals surface area (Å²) in [6.45, 7) is 7.16. The molecule has 96 valence electrons. The lowest BCUT2D eigenvalue weighted by Crippen LogP contribution is -2.21. The minimum atomic E-state index is -0.147. The van der Waals surface area contributed by atoms with Crippen molar-refractivity contribution in [1.29, 1.82) is 0 Å². The van der Waals surface area contributed by atoms with Crippen LogP contribution >= 0.6 is 11.3 Å². The molecule has 0 aliphatic carbocycles. The molecule has 2 rings (SSSR count). The summed E-state index contributed by atoms with van der Waals surface area (Å²) in [6.07, 6.45) is 0. The molecule has 3 heteroatoms. The molecule has 0 fully saturated rings. The van der Waals surface area contributed by atoms with E-state index >= 15 is 0 Å². The van der Waals surface area contributed by atoms with Gasteiger partial charge in [-0.1, -0.05) is 32.0 Å². The van der Waals surface area contributed by atoms with E-state index in [0.29, 0.717) is 11.6 Å². The van der Waals surface area contributed by atoms with Crippen LogP contribution in [0.5, 0.6) is 0 Å². The molecule has 0 aliphatic heterocycles. The fraction of sp³-hybridized carbons (Fsp3) is 0.333. The largest absolute Gasteiger partial charge is 0.310 e. The first kappa shape index (κ1) is 13.2. The van der Waals surface area contributed by atoms with Crippen molar-refractivity contribution in [2.75, 3.05) is 0 Å². The van der Waals surface area contributed by atoms with E-state index < -0.39 is 0 Å². The number of halogens is 1. The molecule has 0 radical (unpaired) electrons. The summed E-state index contributed by atoms with van der Waals surface area (Å²) in [5.74, 6) is -0.147. The van der Waals surface area contributed by atoms with Gasteiger partial charge in [0, 0.05) is 23.0 Å². The summed E-state index contributed by atoms with van der Waals surface area (Å²) in [7, 11) is 0. The van der Waals surface area contributed by atoms with Gasteiger partial charge < -0.3 is 5.32 Å². The molecule has 0 atom stereocenters. The third-order valence-electron chi connectivity index (χ3n) is 2.96. The highest BCUT2D eigenvalue weighted by Crippen LogP contribution is 2.33. The van der Waals surface area contributed by atoms with E-state index in [1.165, 1.54) is 17.2 Å². The first-order valence-electron chi connectivity index (χ1n) is 6.15. The Labute approximate surface area is 112 Å². The first-order chi connectivity index (χ1) is 8.59. The smallest absolute Gasteiger partial charge is 0.131 e. The quantitative estimate of drug-likeness (QED) is 0.864. The Balaban J connectivity index is 2.28. The predicted molar refractivity (Wildman–Crippen MR) is 76.4 cm³/mol. The number of hydrogen-bond donors (Lipinski definition) is 1. The molecule has 0 bridgehead atoms. The van der Waals surface area contributed by atoms with Crippen molar-refractivity contribution in [3.8, 4) is 10.4 Å². The SMILES string of the molecule is Cc1c(CNC(C)C)csc1-c1ccccc1F. The zero-order valence-electron chi connectivity index (χ0n) is 11.0. The number of nitrogens with one attached hydrogen (secondary N) is 1. The number of rotatable bonds is 4. The molecular formula is C15H18FNS. The molecular weight excluding hydrogens is 245 g/mol. The zero-order valence-corrected chi connectivity index (χ0v) is 11.8. The maximum atomic E-state index is 13.8. The fourth-order valence-electron chi connectivity index (χ4n) is 1.85. The van der Waals surface area contributed by atoms with Gasteiger partial charge in [0.25, 0.3) is 0 Å². The summed E-state index contributed by atoms with van der Waals surface area (Å²) < 4.78 is 13.8. The first-order valence-corrected chi connectivity index (χ1v) is 7.02. The Hall–Kier alpha value is -1.19. The van der Waals surface area contributed by atoms with Crippen LogP contribution in [-0.2, 0) is 6.54 Å². The molecule has 0 amide bonds. The molecule has 0 saturated heterocycles. The average Bonchev–Trinajstić information content (AvgIpc) is 2.69. The van der Waals surface area contributed by atoms with Crippen molar-refractivity contribution >= 4 is 11.3 Å². The van der Waals surface area contributed by atoms with E-state index in [1.807, 2.05) is 12.1 Å². The molecule has 1 heterocycles. The lowest BCUT2D eigenvalue weighted by molar-refractivity contribution is 0.588. The van der Waals surface area contributed by atoms with E-state index in [-0.39, 0.29) is 5.82 Å². The highest BCUT2D eigenvalue weighted by atomic mass is 32.1. The molecule has 1 N–H and O–H groups in total. The van der Waals surface area contributed by atoms with E-state index in [9.17, 15) is 4.39 Å². The summed E-state index contributed by atoms with van der Waals surface area (Å²) in [4.78, 5) is 1.04. The standard InChI is InChI=1S/C15H18FNS/c1-10(2)17-8-12-9-18-15(11(12)3)13-6-4-5-7-14(13)16/h4-7,9-10,17H,8H2,1-3H3. The van der Waals surface area contributed by atoms with Crippen molar-refractivity contribution in [2.45, 2.75) is 33.4 Å². The monoisotopic (exact) mass is 263 g/mol. The van der Waals surface area contributed by atoms with Gasteiger partial charge in [-0.2, -0.15) is 0 Å². The lowest BCUT2D eigenvalue weighted by atomic mass is 10.1. The third kappa shape index (κ3) is 2.79. The average molecular weight is 263 g/mol. The van der Waals surface area contributed by atoms with Crippen molar-refractivity contribution in [2.24, 2.45) is 0 Å². The van der Waals surface area contributed by atoms with Gasteiger partial charge in [-0.15, -0.1) is 11.3 Å². The second kappa shape index (κ2) is 5.63. The minimum Gasteiger partial charge on any atom is -0.310 e. The van der Waals surface area contributed by atoms with Gasteiger partial charge in [0.05, 0.1) is 0 Å². The summed E-state index contributed by atoms with van der Waals surface area (Å²) in [5, 5.41) is 5.51. The number of thiophene rings is 1. The second-order valence-electron chi connectivity index (χ2n) is 4.73. The lowest BCUT2D eigenvalue weighted by Gasteiger charge is -2.08. The fourth-order valence-corrected chi connectivity index (χ4v) is 2.97. The van der Waals surface area contributed by atoms with Crippen molar-refractivity contribution in [3.05, 3.63) is 46.6 Å². The number of benzene rings is 1. The molecule has 18 heavy (non-hydrogen) atoms. The number of hydrogen-bond acceptors (Lipinski definition) is 2. The van der Waals surface area contributed by atoms with Gasteiger partial charge in [0.1, 0.15) is 5.82 Å². The van der Waals surface area contributed by atoms with Crippen molar-refractivity contribution < 1.29 is 4.39 Å². The minimum absolute atomic E-state index is 0.147. The van der Waals surface area contributed by atoms with Crippen LogP contribution in [0.15, 0.2) is 29.6 Å². The van der Waals surface area contributed by atoms with Crippen LogP contribution < -0.4 is 5.32 Å². The summed E-state index contributed by atoms with van der Waals surface area (Å²) in [5.41, 5.74) is 3.14. The maximum absolute atomic E-state index is 13.8. The summed E-state index contributed by atoms with van der Waals surface area (Å²) in [6, 6.07) is 7.42. The highest BCUT2D eigenvalue weighted by Gasteiger charge is 2.12. The van der Waals surface area contributed by atoms with Gasteiger partial charge in [-0.05, 0) is 29.5 Å². The Morgan fingerprint density at radius 3 is 2.67 bits per heavy atom. The van der Waals surface area contributed by atoms with Gasteiger partial charge in [0.15, 0.2) is 0 Å². The van der Waals surface area contributed by atoms with Crippen LogP contribution in [0.4, 0.5) is 4.39 Å². The Morgan fingerprint density at radius 2 is 2.00 bits per heavy atom. The van der Waals surface area contributed by atoms with E-state index in [4.69, 9.17) is 0 Å². The normalized spacial score (nSPS) is 11.2. The predicted octanol–water partition coefficient (Wildman–Crippen LogP) is 4.36. The molecule has 1 aromatic carbocycles. The van der Waals surface area contributed by atoms with Gasteiger partial charge in [0.2, 0.25) is 0 Å². The van der Waals surface area contributed by atoms with E-state index in [1.54, 1.807) is 17.4 Å². The Kier molecular flexibility index (Phi) is 4.15. The molecule has 0 aliphatic rings. The molecule has 2 aromatic rings. The van der Waals surface area contributed by atoms with Crippen LogP contribution in [0.2, 0.25) is 0 Å². The molecule has 0 spiro atoms. The maximum Gasteiger partial charge on any atom is 0.131 e. The Bertz CT molecular complexity index is 531.